The average molecular weight is 548 g/mol. The molecule has 0 saturated carbocycles. The first-order chi connectivity index (χ1) is 19.0. The van der Waals surface area contributed by atoms with Crippen molar-refractivity contribution < 1.29 is 22.4 Å². The molecule has 1 saturated heterocycles. The van der Waals surface area contributed by atoms with Crippen LogP contribution in [0.5, 0.6) is 0 Å². The van der Waals surface area contributed by atoms with E-state index in [0.717, 1.165) is 24.0 Å². The monoisotopic (exact) mass is 547 g/mol. The third kappa shape index (κ3) is 6.75. The zero-order chi connectivity index (χ0) is 27.1. The Bertz CT molecular complexity index is 1460. The number of hydrogen-bond donors (Lipinski definition) is 0. The van der Waals surface area contributed by atoms with Crippen LogP contribution in [0.2, 0.25) is 0 Å². The molecule has 0 aliphatic carbocycles. The Morgan fingerprint density at radius 1 is 0.846 bits per heavy atom. The van der Waals surface area contributed by atoms with E-state index >= 15 is 0 Å². The van der Waals surface area contributed by atoms with Gasteiger partial charge in [0, 0.05) is 38.1 Å². The largest absolute Gasteiger partial charge is 0.467 e. The standard InChI is InChI=1S/C30H33N3O5S/c34-30(32(23-27-12-7-19-38-27)22-25-8-2-1-3-9-25)24-33(16-15-31-17-20-37-21-18-31)39(35,36)29-14-6-11-26-10-4-5-13-28(26)29/h1-14,19H,15-18,20-24H2. The highest BCUT2D eigenvalue weighted by molar-refractivity contribution is 7.89. The third-order valence-corrected chi connectivity index (χ3v) is 8.85. The van der Waals surface area contributed by atoms with Crippen molar-refractivity contribution in [1.82, 2.24) is 14.1 Å². The second kappa shape index (κ2) is 12.6. The summed E-state index contributed by atoms with van der Waals surface area (Å²) in [6.45, 7) is 3.70. The molecule has 0 unspecified atom stereocenters. The molecular formula is C30H33N3O5S. The zero-order valence-corrected chi connectivity index (χ0v) is 22.6. The van der Waals surface area contributed by atoms with Gasteiger partial charge >= 0.3 is 0 Å². The number of morpholine rings is 1. The summed E-state index contributed by atoms with van der Waals surface area (Å²) in [7, 11) is -3.99. The summed E-state index contributed by atoms with van der Waals surface area (Å²) in [4.78, 5) is 17.8. The highest BCUT2D eigenvalue weighted by Gasteiger charge is 2.30. The second-order valence-corrected chi connectivity index (χ2v) is 11.5. The van der Waals surface area contributed by atoms with E-state index in [9.17, 15) is 13.2 Å². The van der Waals surface area contributed by atoms with Crippen molar-refractivity contribution in [1.29, 1.82) is 0 Å². The van der Waals surface area contributed by atoms with Crippen molar-refractivity contribution in [3.63, 3.8) is 0 Å². The molecule has 8 nitrogen and oxygen atoms in total. The van der Waals surface area contributed by atoms with Crippen molar-refractivity contribution in [3.05, 3.63) is 103 Å². The molecule has 1 aliphatic rings. The maximum atomic E-state index is 14.1. The van der Waals surface area contributed by atoms with Gasteiger partial charge in [-0.05, 0) is 29.1 Å². The molecule has 1 amide bonds. The Morgan fingerprint density at radius 3 is 2.36 bits per heavy atom. The quantitative estimate of drug-likeness (QED) is 0.283. The van der Waals surface area contributed by atoms with Gasteiger partial charge in [-0.15, -0.1) is 0 Å². The normalized spacial score (nSPS) is 14.6. The number of benzene rings is 3. The van der Waals surface area contributed by atoms with Crippen LogP contribution in [-0.2, 0) is 32.6 Å². The summed E-state index contributed by atoms with van der Waals surface area (Å²) in [6, 6.07) is 25.9. The maximum absolute atomic E-state index is 14.1. The summed E-state index contributed by atoms with van der Waals surface area (Å²) in [5, 5.41) is 1.47. The molecule has 1 fully saturated rings. The molecule has 2 heterocycles. The Morgan fingerprint density at radius 2 is 1.59 bits per heavy atom. The summed E-state index contributed by atoms with van der Waals surface area (Å²) in [5.74, 6) is 0.345. The highest BCUT2D eigenvalue weighted by atomic mass is 32.2. The molecule has 0 bridgehead atoms. The van der Waals surface area contributed by atoms with Crippen LogP contribution in [-0.4, -0.2) is 74.4 Å². The van der Waals surface area contributed by atoms with Crippen LogP contribution in [0.25, 0.3) is 10.8 Å². The van der Waals surface area contributed by atoms with E-state index in [1.54, 1.807) is 29.4 Å². The first-order valence-electron chi connectivity index (χ1n) is 13.1. The fourth-order valence-corrected chi connectivity index (χ4v) is 6.39. The number of sulfonamides is 1. The fourth-order valence-electron chi connectivity index (χ4n) is 4.80. The van der Waals surface area contributed by atoms with Gasteiger partial charge in [-0.2, -0.15) is 4.31 Å². The lowest BCUT2D eigenvalue weighted by atomic mass is 10.1. The fraction of sp³-hybridized carbons (Fsp3) is 0.300. The number of furan rings is 1. The first-order valence-corrected chi connectivity index (χ1v) is 14.6. The van der Waals surface area contributed by atoms with Gasteiger partial charge in [0.25, 0.3) is 0 Å². The number of ether oxygens (including phenoxy) is 1. The van der Waals surface area contributed by atoms with Crippen LogP contribution in [0.3, 0.4) is 0 Å². The number of carbonyl (C=O) groups excluding carboxylic acids is 1. The molecule has 0 radical (unpaired) electrons. The molecule has 4 aromatic rings. The van der Waals surface area contributed by atoms with Gasteiger partial charge in [0.05, 0.1) is 37.5 Å². The summed E-state index contributed by atoms with van der Waals surface area (Å²) >= 11 is 0. The van der Waals surface area contributed by atoms with Gasteiger partial charge in [0.2, 0.25) is 15.9 Å². The van der Waals surface area contributed by atoms with Gasteiger partial charge in [0.1, 0.15) is 5.76 Å². The van der Waals surface area contributed by atoms with Gasteiger partial charge in [-0.3, -0.25) is 9.69 Å². The zero-order valence-electron chi connectivity index (χ0n) is 21.8. The van der Waals surface area contributed by atoms with E-state index in [2.05, 4.69) is 4.90 Å². The van der Waals surface area contributed by atoms with Crippen LogP contribution in [0, 0.1) is 0 Å². The number of nitrogens with zero attached hydrogens (tertiary/aromatic N) is 3. The summed E-state index contributed by atoms with van der Waals surface area (Å²) < 4.78 is 40.6. The Balaban J connectivity index is 1.44. The molecule has 0 N–H and O–H groups in total. The number of carbonyl (C=O) groups is 1. The molecule has 1 aromatic heterocycles. The number of hydrogen-bond acceptors (Lipinski definition) is 6. The molecule has 0 spiro atoms. The predicted molar refractivity (Wildman–Crippen MR) is 149 cm³/mol. The minimum atomic E-state index is -3.99. The SMILES string of the molecule is O=C(CN(CCN1CCOCC1)S(=O)(=O)c1cccc2ccccc12)N(Cc1ccccc1)Cc1ccco1. The Labute approximate surface area is 229 Å². The summed E-state index contributed by atoms with van der Waals surface area (Å²) in [5.41, 5.74) is 0.953. The van der Waals surface area contributed by atoms with Crippen LogP contribution in [0.4, 0.5) is 0 Å². The van der Waals surface area contributed by atoms with Crippen LogP contribution >= 0.6 is 0 Å². The van der Waals surface area contributed by atoms with Crippen molar-refractivity contribution in [2.45, 2.75) is 18.0 Å². The smallest absolute Gasteiger partial charge is 0.244 e. The van der Waals surface area contributed by atoms with Crippen LogP contribution in [0.15, 0.2) is 101 Å². The van der Waals surface area contributed by atoms with E-state index in [4.69, 9.17) is 9.15 Å². The molecule has 5 rings (SSSR count). The number of rotatable bonds is 11. The topological polar surface area (TPSA) is 83.3 Å². The van der Waals surface area contributed by atoms with Crippen LogP contribution < -0.4 is 0 Å². The molecule has 204 valence electrons. The Hall–Kier alpha value is -3.50. The lowest BCUT2D eigenvalue weighted by molar-refractivity contribution is -0.133. The van der Waals surface area contributed by atoms with E-state index in [1.807, 2.05) is 66.7 Å². The maximum Gasteiger partial charge on any atom is 0.244 e. The molecule has 0 atom stereocenters. The summed E-state index contributed by atoms with van der Waals surface area (Å²) in [6.07, 6.45) is 1.57. The minimum Gasteiger partial charge on any atom is -0.467 e. The van der Waals surface area contributed by atoms with Crippen molar-refractivity contribution in [3.8, 4) is 0 Å². The van der Waals surface area contributed by atoms with Crippen molar-refractivity contribution in [2.75, 3.05) is 45.9 Å². The lowest BCUT2D eigenvalue weighted by Gasteiger charge is -2.31. The second-order valence-electron chi connectivity index (χ2n) is 9.58. The number of fused-ring (bicyclic) bond motifs is 1. The van der Waals surface area contributed by atoms with Gasteiger partial charge in [-0.1, -0.05) is 66.7 Å². The molecule has 9 heteroatoms. The third-order valence-electron chi connectivity index (χ3n) is 6.94. The minimum absolute atomic E-state index is 0.192. The van der Waals surface area contributed by atoms with Gasteiger partial charge in [-0.25, -0.2) is 8.42 Å². The molecular weight excluding hydrogens is 514 g/mol. The van der Waals surface area contributed by atoms with E-state index in [-0.39, 0.29) is 30.4 Å². The predicted octanol–water partition coefficient (Wildman–Crippen LogP) is 3.98. The lowest BCUT2D eigenvalue weighted by Crippen LogP contribution is -2.47. The molecule has 1 aliphatic heterocycles. The average Bonchev–Trinajstić information content (AvgIpc) is 3.48. The first kappa shape index (κ1) is 27.1. The number of amides is 1. The molecule has 3 aromatic carbocycles. The van der Waals surface area contributed by atoms with Crippen molar-refractivity contribution in [2.24, 2.45) is 0 Å². The van der Waals surface area contributed by atoms with Gasteiger partial charge in [0.15, 0.2) is 0 Å². The van der Waals surface area contributed by atoms with E-state index in [0.29, 0.717) is 37.4 Å². The van der Waals surface area contributed by atoms with E-state index in [1.165, 1.54) is 4.31 Å². The Kier molecular flexibility index (Phi) is 8.73. The molecule has 39 heavy (non-hydrogen) atoms. The van der Waals surface area contributed by atoms with Crippen molar-refractivity contribution >= 4 is 26.7 Å². The van der Waals surface area contributed by atoms with Gasteiger partial charge < -0.3 is 14.1 Å². The highest BCUT2D eigenvalue weighted by Crippen LogP contribution is 2.26. The van der Waals surface area contributed by atoms with Crippen LogP contribution in [0.1, 0.15) is 11.3 Å². The van der Waals surface area contributed by atoms with E-state index < -0.39 is 10.0 Å².